The van der Waals surface area contributed by atoms with Gasteiger partial charge in [-0.05, 0) is 42.8 Å². The number of nitrogens with one attached hydrogen (secondary N) is 2. The van der Waals surface area contributed by atoms with Gasteiger partial charge in [-0.1, -0.05) is 6.07 Å². The number of benzene rings is 1. The number of amides is 1. The smallest absolute Gasteiger partial charge is 0.274 e. The maximum Gasteiger partial charge on any atom is 0.274 e. The van der Waals surface area contributed by atoms with Crippen LogP contribution in [-0.2, 0) is 6.54 Å². The van der Waals surface area contributed by atoms with E-state index in [0.717, 1.165) is 5.56 Å². The lowest BCUT2D eigenvalue weighted by Crippen LogP contribution is -2.16. The zero-order valence-electron chi connectivity index (χ0n) is 14.6. The fraction of sp³-hybridized carbons (Fsp3) is 0.158. The first kappa shape index (κ1) is 17.3. The highest BCUT2D eigenvalue weighted by molar-refractivity contribution is 6.03. The lowest BCUT2D eigenvalue weighted by Gasteiger charge is -2.09. The largest absolute Gasteiger partial charge is 0.497 e. The SMILES string of the molecule is COc1cccc(NC(=O)c2cc(C)nc(NCc3ccncc3)n2)c1. The number of carbonyl (C=O) groups is 1. The van der Waals surface area contributed by atoms with E-state index in [1.54, 1.807) is 43.8 Å². The van der Waals surface area contributed by atoms with E-state index in [1.165, 1.54) is 0 Å². The molecule has 132 valence electrons. The monoisotopic (exact) mass is 349 g/mol. The normalized spacial score (nSPS) is 10.2. The van der Waals surface area contributed by atoms with E-state index < -0.39 is 0 Å². The number of aryl methyl sites for hydroxylation is 1. The molecule has 0 bridgehead atoms. The summed E-state index contributed by atoms with van der Waals surface area (Å²) in [5.74, 6) is 0.759. The summed E-state index contributed by atoms with van der Waals surface area (Å²) in [4.78, 5) is 25.1. The zero-order chi connectivity index (χ0) is 18.4. The van der Waals surface area contributed by atoms with Crippen molar-refractivity contribution in [1.82, 2.24) is 15.0 Å². The summed E-state index contributed by atoms with van der Waals surface area (Å²) < 4.78 is 5.16. The van der Waals surface area contributed by atoms with Crippen LogP contribution in [0.3, 0.4) is 0 Å². The summed E-state index contributed by atoms with van der Waals surface area (Å²) in [6, 6.07) is 12.6. The third-order valence-corrected chi connectivity index (χ3v) is 3.61. The third kappa shape index (κ3) is 4.54. The molecule has 0 fully saturated rings. The van der Waals surface area contributed by atoms with E-state index in [0.29, 0.717) is 29.6 Å². The standard InChI is InChI=1S/C19H19N5O2/c1-13-10-17(18(25)23-15-4-3-5-16(11-15)26-2)24-19(22-13)21-12-14-6-8-20-9-7-14/h3-11H,12H2,1-2H3,(H,23,25)(H,21,22,24). The topological polar surface area (TPSA) is 89.0 Å². The Bertz CT molecular complexity index is 899. The molecule has 0 saturated carbocycles. The van der Waals surface area contributed by atoms with Gasteiger partial charge in [0.2, 0.25) is 5.95 Å². The molecular weight excluding hydrogens is 330 g/mol. The third-order valence-electron chi connectivity index (χ3n) is 3.61. The second-order valence-electron chi connectivity index (χ2n) is 5.61. The minimum Gasteiger partial charge on any atom is -0.497 e. The highest BCUT2D eigenvalue weighted by Crippen LogP contribution is 2.17. The summed E-state index contributed by atoms with van der Waals surface area (Å²) in [5, 5.41) is 5.95. The van der Waals surface area contributed by atoms with Gasteiger partial charge in [0.25, 0.3) is 5.91 Å². The quantitative estimate of drug-likeness (QED) is 0.711. The minimum atomic E-state index is -0.310. The van der Waals surface area contributed by atoms with Crippen LogP contribution in [0.1, 0.15) is 21.7 Å². The van der Waals surface area contributed by atoms with Crippen LogP contribution >= 0.6 is 0 Å². The Morgan fingerprint density at radius 1 is 1.12 bits per heavy atom. The molecule has 0 aliphatic carbocycles. The van der Waals surface area contributed by atoms with Crippen LogP contribution in [0.5, 0.6) is 5.75 Å². The Morgan fingerprint density at radius 2 is 1.92 bits per heavy atom. The maximum atomic E-state index is 12.5. The molecule has 0 unspecified atom stereocenters. The lowest BCUT2D eigenvalue weighted by atomic mass is 10.2. The van der Waals surface area contributed by atoms with E-state index in [4.69, 9.17) is 4.74 Å². The molecule has 3 aromatic rings. The molecule has 26 heavy (non-hydrogen) atoms. The number of anilines is 2. The molecule has 1 aromatic carbocycles. The average molecular weight is 349 g/mol. The van der Waals surface area contributed by atoms with Crippen LogP contribution in [0.25, 0.3) is 0 Å². The number of methoxy groups -OCH3 is 1. The van der Waals surface area contributed by atoms with Gasteiger partial charge >= 0.3 is 0 Å². The van der Waals surface area contributed by atoms with Crippen molar-refractivity contribution < 1.29 is 9.53 Å². The molecule has 0 aliphatic heterocycles. The first-order valence-corrected chi connectivity index (χ1v) is 8.08. The first-order valence-electron chi connectivity index (χ1n) is 8.08. The van der Waals surface area contributed by atoms with Gasteiger partial charge < -0.3 is 15.4 Å². The first-order chi connectivity index (χ1) is 12.6. The molecule has 7 heteroatoms. The van der Waals surface area contributed by atoms with E-state index in [2.05, 4.69) is 25.6 Å². The van der Waals surface area contributed by atoms with Crippen molar-refractivity contribution in [3.05, 3.63) is 71.8 Å². The predicted octanol–water partition coefficient (Wildman–Crippen LogP) is 3.05. The molecule has 0 aliphatic rings. The van der Waals surface area contributed by atoms with E-state index in [1.807, 2.05) is 25.1 Å². The van der Waals surface area contributed by atoms with Crippen LogP contribution in [0.15, 0.2) is 54.9 Å². The van der Waals surface area contributed by atoms with Gasteiger partial charge in [0, 0.05) is 36.4 Å². The van der Waals surface area contributed by atoms with Gasteiger partial charge in [-0.2, -0.15) is 0 Å². The Kier molecular flexibility index (Phi) is 5.38. The Labute approximate surface area is 151 Å². The number of hydrogen-bond acceptors (Lipinski definition) is 6. The van der Waals surface area contributed by atoms with Crippen LogP contribution < -0.4 is 15.4 Å². The molecule has 0 saturated heterocycles. The van der Waals surface area contributed by atoms with Gasteiger partial charge in [0.1, 0.15) is 11.4 Å². The molecule has 0 radical (unpaired) electrons. The molecule has 7 nitrogen and oxygen atoms in total. The fourth-order valence-corrected chi connectivity index (χ4v) is 2.34. The molecule has 2 heterocycles. The number of ether oxygens (including phenoxy) is 1. The van der Waals surface area contributed by atoms with Crippen molar-refractivity contribution in [2.24, 2.45) is 0 Å². The predicted molar refractivity (Wildman–Crippen MR) is 99.3 cm³/mol. The summed E-state index contributed by atoms with van der Waals surface area (Å²) in [6.45, 7) is 2.37. The molecule has 2 aromatic heterocycles. The van der Waals surface area contributed by atoms with Crippen molar-refractivity contribution in [2.75, 3.05) is 17.7 Å². The van der Waals surface area contributed by atoms with E-state index in [9.17, 15) is 4.79 Å². The number of carbonyl (C=O) groups excluding carboxylic acids is 1. The van der Waals surface area contributed by atoms with Crippen LogP contribution in [-0.4, -0.2) is 28.0 Å². The van der Waals surface area contributed by atoms with Crippen molar-refractivity contribution in [3.63, 3.8) is 0 Å². The van der Waals surface area contributed by atoms with E-state index >= 15 is 0 Å². The highest BCUT2D eigenvalue weighted by atomic mass is 16.5. The number of nitrogens with zero attached hydrogens (tertiary/aromatic N) is 3. The number of aromatic nitrogens is 3. The lowest BCUT2D eigenvalue weighted by molar-refractivity contribution is 0.102. The second-order valence-corrected chi connectivity index (χ2v) is 5.61. The second kappa shape index (κ2) is 8.06. The average Bonchev–Trinajstić information content (AvgIpc) is 2.67. The number of rotatable bonds is 6. The Hall–Kier alpha value is -3.48. The minimum absolute atomic E-state index is 0.289. The summed E-state index contributed by atoms with van der Waals surface area (Å²) in [5.41, 5.74) is 2.68. The number of pyridine rings is 1. The molecule has 0 atom stereocenters. The van der Waals surface area contributed by atoms with Gasteiger partial charge in [-0.25, -0.2) is 9.97 Å². The molecule has 1 amide bonds. The summed E-state index contributed by atoms with van der Waals surface area (Å²) >= 11 is 0. The van der Waals surface area contributed by atoms with Crippen LogP contribution in [0, 0.1) is 6.92 Å². The van der Waals surface area contributed by atoms with Crippen molar-refractivity contribution in [2.45, 2.75) is 13.5 Å². The van der Waals surface area contributed by atoms with Gasteiger partial charge in [-0.15, -0.1) is 0 Å². The van der Waals surface area contributed by atoms with Crippen molar-refractivity contribution in [3.8, 4) is 5.75 Å². The van der Waals surface area contributed by atoms with Crippen LogP contribution in [0.4, 0.5) is 11.6 Å². The van der Waals surface area contributed by atoms with Gasteiger partial charge in [0.15, 0.2) is 0 Å². The molecular formula is C19H19N5O2. The molecule has 3 rings (SSSR count). The summed E-state index contributed by atoms with van der Waals surface area (Å²) in [7, 11) is 1.58. The Morgan fingerprint density at radius 3 is 2.69 bits per heavy atom. The highest BCUT2D eigenvalue weighted by Gasteiger charge is 2.11. The van der Waals surface area contributed by atoms with Gasteiger partial charge in [-0.3, -0.25) is 9.78 Å². The van der Waals surface area contributed by atoms with E-state index in [-0.39, 0.29) is 11.6 Å². The summed E-state index contributed by atoms with van der Waals surface area (Å²) in [6.07, 6.45) is 3.45. The Balaban J connectivity index is 1.72. The fourth-order valence-electron chi connectivity index (χ4n) is 2.34. The van der Waals surface area contributed by atoms with Crippen molar-refractivity contribution in [1.29, 1.82) is 0 Å². The van der Waals surface area contributed by atoms with Crippen LogP contribution in [0.2, 0.25) is 0 Å². The molecule has 0 spiro atoms. The van der Waals surface area contributed by atoms with Crippen molar-refractivity contribution >= 4 is 17.5 Å². The zero-order valence-corrected chi connectivity index (χ0v) is 14.6. The maximum absolute atomic E-state index is 12.5. The molecule has 2 N–H and O–H groups in total. The van der Waals surface area contributed by atoms with Gasteiger partial charge in [0.05, 0.1) is 7.11 Å². The number of hydrogen-bond donors (Lipinski definition) is 2.